The molecule has 1 atom stereocenters. The SMILES string of the molecule is C=CCC(NS(=O)(=O)c1ccc(C(C)(C)C)s1)C(=O)O. The van der Waals surface area contributed by atoms with Crippen LogP contribution in [-0.2, 0) is 20.2 Å². The van der Waals surface area contributed by atoms with Crippen LogP contribution in [0.5, 0.6) is 0 Å². The van der Waals surface area contributed by atoms with Gasteiger partial charge in [0.15, 0.2) is 0 Å². The van der Waals surface area contributed by atoms with Gasteiger partial charge in [-0.3, -0.25) is 4.79 Å². The Kier molecular flexibility index (Phi) is 5.12. The third-order valence-electron chi connectivity index (χ3n) is 2.58. The fourth-order valence-electron chi connectivity index (χ4n) is 1.48. The smallest absolute Gasteiger partial charge is 0.322 e. The Labute approximate surface area is 123 Å². The van der Waals surface area contributed by atoms with Crippen molar-refractivity contribution in [2.75, 3.05) is 0 Å². The molecule has 1 aromatic rings. The van der Waals surface area contributed by atoms with Crippen LogP contribution in [0.15, 0.2) is 29.0 Å². The van der Waals surface area contributed by atoms with Crippen LogP contribution in [0.25, 0.3) is 0 Å². The van der Waals surface area contributed by atoms with E-state index in [4.69, 9.17) is 5.11 Å². The van der Waals surface area contributed by atoms with E-state index in [1.807, 2.05) is 20.8 Å². The predicted molar refractivity (Wildman–Crippen MR) is 79.6 cm³/mol. The lowest BCUT2D eigenvalue weighted by Crippen LogP contribution is -2.40. The molecule has 0 saturated carbocycles. The van der Waals surface area contributed by atoms with E-state index in [0.29, 0.717) is 0 Å². The summed E-state index contributed by atoms with van der Waals surface area (Å²) in [4.78, 5) is 11.9. The standard InChI is InChI=1S/C13H19NO4S2/c1-5-6-9(12(15)16)14-20(17,18)11-8-7-10(19-11)13(2,3)4/h5,7-9,14H,1,6H2,2-4H3,(H,15,16). The third kappa shape index (κ3) is 4.16. The molecule has 2 N–H and O–H groups in total. The quantitative estimate of drug-likeness (QED) is 0.789. The lowest BCUT2D eigenvalue weighted by Gasteiger charge is -2.15. The molecule has 0 spiro atoms. The Morgan fingerprint density at radius 2 is 2.10 bits per heavy atom. The Hall–Kier alpha value is -1.18. The molecule has 0 bridgehead atoms. The Morgan fingerprint density at radius 1 is 1.50 bits per heavy atom. The van der Waals surface area contributed by atoms with E-state index in [1.54, 1.807) is 6.07 Å². The van der Waals surface area contributed by atoms with E-state index in [0.717, 1.165) is 16.2 Å². The molecule has 112 valence electrons. The molecule has 0 aliphatic rings. The largest absolute Gasteiger partial charge is 0.480 e. The van der Waals surface area contributed by atoms with Gasteiger partial charge in [0.1, 0.15) is 10.3 Å². The van der Waals surface area contributed by atoms with Crippen LogP contribution >= 0.6 is 11.3 Å². The van der Waals surface area contributed by atoms with Gasteiger partial charge in [-0.25, -0.2) is 8.42 Å². The van der Waals surface area contributed by atoms with Crippen molar-refractivity contribution in [2.45, 2.75) is 42.9 Å². The van der Waals surface area contributed by atoms with E-state index >= 15 is 0 Å². The van der Waals surface area contributed by atoms with Crippen LogP contribution in [0, 0.1) is 0 Å². The predicted octanol–water partition coefficient (Wildman–Crippen LogP) is 2.35. The van der Waals surface area contributed by atoms with Crippen molar-refractivity contribution in [3.8, 4) is 0 Å². The Balaban J connectivity index is 3.02. The van der Waals surface area contributed by atoms with Crippen LogP contribution in [0.1, 0.15) is 32.1 Å². The zero-order valence-corrected chi connectivity index (χ0v) is 13.3. The number of nitrogens with one attached hydrogen (secondary N) is 1. The first-order chi connectivity index (χ1) is 9.08. The van der Waals surface area contributed by atoms with Gasteiger partial charge < -0.3 is 5.11 Å². The summed E-state index contributed by atoms with van der Waals surface area (Å²) in [7, 11) is -3.83. The molecule has 20 heavy (non-hydrogen) atoms. The zero-order valence-electron chi connectivity index (χ0n) is 11.7. The van der Waals surface area contributed by atoms with Crippen molar-refractivity contribution in [3.05, 3.63) is 29.7 Å². The number of rotatable bonds is 6. The number of aliphatic carboxylic acids is 1. The summed E-state index contributed by atoms with van der Waals surface area (Å²) in [5, 5.41) is 8.98. The summed E-state index contributed by atoms with van der Waals surface area (Å²) in [6.07, 6.45) is 1.41. The van der Waals surface area contributed by atoms with Crippen LogP contribution in [0.2, 0.25) is 0 Å². The van der Waals surface area contributed by atoms with Gasteiger partial charge in [-0.1, -0.05) is 26.8 Å². The number of sulfonamides is 1. The summed E-state index contributed by atoms with van der Waals surface area (Å²) in [5.74, 6) is -1.22. The molecule has 5 nitrogen and oxygen atoms in total. The molecule has 0 fully saturated rings. The van der Waals surface area contributed by atoms with Crippen molar-refractivity contribution in [2.24, 2.45) is 0 Å². The lowest BCUT2D eigenvalue weighted by molar-refractivity contribution is -0.138. The van der Waals surface area contributed by atoms with Gasteiger partial charge in [0.25, 0.3) is 10.0 Å². The second-order valence-corrected chi connectivity index (χ2v) is 8.43. The highest BCUT2D eigenvalue weighted by atomic mass is 32.2. The van der Waals surface area contributed by atoms with Crippen molar-refractivity contribution in [1.82, 2.24) is 4.72 Å². The first-order valence-electron chi connectivity index (χ1n) is 6.04. The van der Waals surface area contributed by atoms with Gasteiger partial charge in [-0.15, -0.1) is 17.9 Å². The van der Waals surface area contributed by atoms with Crippen molar-refractivity contribution in [1.29, 1.82) is 0 Å². The van der Waals surface area contributed by atoms with Gasteiger partial charge in [-0.05, 0) is 24.0 Å². The van der Waals surface area contributed by atoms with Crippen LogP contribution in [-0.4, -0.2) is 25.5 Å². The highest BCUT2D eigenvalue weighted by Gasteiger charge is 2.27. The highest BCUT2D eigenvalue weighted by Crippen LogP contribution is 2.31. The van der Waals surface area contributed by atoms with Gasteiger partial charge in [0.05, 0.1) is 0 Å². The summed E-state index contributed by atoms with van der Waals surface area (Å²) < 4.78 is 26.6. The first-order valence-corrected chi connectivity index (χ1v) is 8.34. The number of hydrogen-bond acceptors (Lipinski definition) is 4. The summed E-state index contributed by atoms with van der Waals surface area (Å²) in [6, 6.07) is 2.06. The molecule has 1 unspecified atom stereocenters. The molecule has 1 rings (SSSR count). The summed E-state index contributed by atoms with van der Waals surface area (Å²) in [6.45, 7) is 9.39. The molecule has 0 aromatic carbocycles. The molecule has 1 heterocycles. The normalized spacial score (nSPS) is 13.9. The van der Waals surface area contributed by atoms with Crippen LogP contribution in [0.4, 0.5) is 0 Å². The highest BCUT2D eigenvalue weighted by molar-refractivity contribution is 7.91. The molecule has 1 aromatic heterocycles. The van der Waals surface area contributed by atoms with E-state index in [-0.39, 0.29) is 16.0 Å². The van der Waals surface area contributed by atoms with E-state index in [9.17, 15) is 13.2 Å². The maximum Gasteiger partial charge on any atom is 0.322 e. The third-order valence-corrected chi connectivity index (χ3v) is 6.06. The van der Waals surface area contributed by atoms with Crippen molar-refractivity contribution < 1.29 is 18.3 Å². The average molecular weight is 317 g/mol. The monoisotopic (exact) mass is 317 g/mol. The Bertz CT molecular complexity index is 596. The minimum absolute atomic E-state index is 0.0338. The van der Waals surface area contributed by atoms with Gasteiger partial charge in [-0.2, -0.15) is 4.72 Å². The number of hydrogen-bond donors (Lipinski definition) is 2. The van der Waals surface area contributed by atoms with E-state index in [2.05, 4.69) is 11.3 Å². The summed E-state index contributed by atoms with van der Waals surface area (Å²) >= 11 is 1.15. The van der Waals surface area contributed by atoms with Crippen molar-refractivity contribution in [3.63, 3.8) is 0 Å². The fraction of sp³-hybridized carbons (Fsp3) is 0.462. The maximum atomic E-state index is 12.2. The van der Waals surface area contributed by atoms with E-state index < -0.39 is 22.0 Å². The second-order valence-electron chi connectivity index (χ2n) is 5.41. The fourth-order valence-corrected chi connectivity index (χ4v) is 4.06. The number of carbonyl (C=O) groups is 1. The first kappa shape index (κ1) is 16.9. The molecular formula is C13H19NO4S2. The van der Waals surface area contributed by atoms with Crippen LogP contribution < -0.4 is 4.72 Å². The average Bonchev–Trinajstić information content (AvgIpc) is 2.77. The van der Waals surface area contributed by atoms with Gasteiger partial charge in [0, 0.05) is 4.88 Å². The molecule has 0 amide bonds. The number of thiophene rings is 1. The summed E-state index contributed by atoms with van der Waals surface area (Å²) in [5.41, 5.74) is -0.147. The molecular weight excluding hydrogens is 298 g/mol. The zero-order chi connectivity index (χ0) is 15.6. The van der Waals surface area contributed by atoms with Gasteiger partial charge in [0.2, 0.25) is 0 Å². The van der Waals surface area contributed by atoms with Gasteiger partial charge >= 0.3 is 5.97 Å². The van der Waals surface area contributed by atoms with E-state index in [1.165, 1.54) is 12.1 Å². The van der Waals surface area contributed by atoms with Crippen molar-refractivity contribution >= 4 is 27.3 Å². The molecule has 0 saturated heterocycles. The molecule has 7 heteroatoms. The Morgan fingerprint density at radius 3 is 2.50 bits per heavy atom. The molecule has 0 radical (unpaired) electrons. The molecule has 0 aliphatic carbocycles. The van der Waals surface area contributed by atoms with Crippen LogP contribution in [0.3, 0.4) is 0 Å². The number of carboxylic acids is 1. The minimum atomic E-state index is -3.83. The molecule has 0 aliphatic heterocycles. The lowest BCUT2D eigenvalue weighted by atomic mass is 9.95. The minimum Gasteiger partial charge on any atom is -0.480 e. The maximum absolute atomic E-state index is 12.2. The number of carboxylic acid groups (broad SMARTS) is 1. The second kappa shape index (κ2) is 6.07. The topological polar surface area (TPSA) is 83.5 Å².